The van der Waals surface area contributed by atoms with Gasteiger partial charge in [-0.25, -0.2) is 4.98 Å². The predicted molar refractivity (Wildman–Crippen MR) is 151 cm³/mol. The highest BCUT2D eigenvalue weighted by Crippen LogP contribution is 2.38. The van der Waals surface area contributed by atoms with Crippen molar-refractivity contribution in [1.29, 1.82) is 0 Å². The number of carbonyl (C=O) groups is 1. The van der Waals surface area contributed by atoms with E-state index in [0.717, 1.165) is 62.1 Å². The largest absolute Gasteiger partial charge is 0.331 e. The predicted octanol–water partition coefficient (Wildman–Crippen LogP) is 8.44. The number of nitrogens with zero attached hydrogens (tertiary/aromatic N) is 2. The van der Waals surface area contributed by atoms with E-state index < -0.39 is 0 Å². The third-order valence-electron chi connectivity index (χ3n) is 6.76. The van der Waals surface area contributed by atoms with Crippen LogP contribution in [0.4, 0.5) is 0 Å². The molecule has 0 bridgehead atoms. The van der Waals surface area contributed by atoms with Crippen LogP contribution in [0.3, 0.4) is 0 Å². The van der Waals surface area contributed by atoms with Crippen LogP contribution in [0, 0.1) is 9.62 Å². The molecule has 1 aliphatic carbocycles. The summed E-state index contributed by atoms with van der Waals surface area (Å²) in [6, 6.07) is 20.8. The van der Waals surface area contributed by atoms with Crippen LogP contribution in [0.15, 0.2) is 66.9 Å². The fourth-order valence-corrected chi connectivity index (χ4v) is 6.58. The number of rotatable bonds is 5. The van der Waals surface area contributed by atoms with Gasteiger partial charge in [0.05, 0.1) is 5.02 Å². The normalized spacial score (nSPS) is 18.2. The van der Waals surface area contributed by atoms with Crippen LogP contribution < -0.4 is 0 Å². The van der Waals surface area contributed by atoms with Gasteiger partial charge in [0.25, 0.3) is 5.91 Å². The molecule has 0 N–H and O–H groups in total. The molecule has 0 saturated heterocycles. The molecule has 2 aromatic carbocycles. The molecule has 0 spiro atoms. The van der Waals surface area contributed by atoms with Crippen LogP contribution >= 0.6 is 45.5 Å². The van der Waals surface area contributed by atoms with Gasteiger partial charge in [-0.15, -0.1) is 11.3 Å². The summed E-state index contributed by atoms with van der Waals surface area (Å²) >= 11 is 10.5. The number of pyridine rings is 1. The Morgan fingerprint density at radius 2 is 1.85 bits per heavy atom. The molecule has 6 heteroatoms. The zero-order valence-electron chi connectivity index (χ0n) is 19.0. The van der Waals surface area contributed by atoms with E-state index >= 15 is 0 Å². The number of benzene rings is 2. The SMILES string of the molecule is C[C@H]1CC[C@H](N(Cc2cccc(-c3ccc(I)nc3)c2)C(=O)c2sc3ccccc3c2Cl)CC1. The van der Waals surface area contributed by atoms with Crippen LogP contribution in [-0.4, -0.2) is 21.8 Å². The smallest absolute Gasteiger partial charge is 0.266 e. The molecule has 0 atom stereocenters. The Balaban J connectivity index is 1.48. The van der Waals surface area contributed by atoms with Gasteiger partial charge in [0.15, 0.2) is 0 Å². The van der Waals surface area contributed by atoms with Crippen molar-refractivity contribution < 1.29 is 4.79 Å². The Morgan fingerprint density at radius 1 is 1.06 bits per heavy atom. The highest BCUT2D eigenvalue weighted by atomic mass is 127. The molecule has 1 saturated carbocycles. The lowest BCUT2D eigenvalue weighted by Gasteiger charge is -2.36. The van der Waals surface area contributed by atoms with Gasteiger partial charge in [-0.05, 0) is 83.5 Å². The second kappa shape index (κ2) is 10.3. The summed E-state index contributed by atoms with van der Waals surface area (Å²) in [6.45, 7) is 2.89. The van der Waals surface area contributed by atoms with Crippen LogP contribution in [0.2, 0.25) is 5.02 Å². The summed E-state index contributed by atoms with van der Waals surface area (Å²) in [5.74, 6) is 0.768. The van der Waals surface area contributed by atoms with Crippen molar-refractivity contribution in [3.05, 3.63) is 86.0 Å². The van der Waals surface area contributed by atoms with E-state index in [1.54, 1.807) is 0 Å². The van der Waals surface area contributed by atoms with Crippen LogP contribution in [-0.2, 0) is 6.54 Å². The first kappa shape index (κ1) is 23.8. The molecule has 174 valence electrons. The van der Waals surface area contributed by atoms with Crippen molar-refractivity contribution in [2.24, 2.45) is 5.92 Å². The second-order valence-electron chi connectivity index (χ2n) is 9.16. The van der Waals surface area contributed by atoms with Gasteiger partial charge in [-0.3, -0.25) is 4.79 Å². The molecule has 1 aliphatic rings. The molecular formula is C28H26ClIN2OS. The molecule has 34 heavy (non-hydrogen) atoms. The Hall–Kier alpha value is -1.96. The average Bonchev–Trinajstić information content (AvgIpc) is 3.20. The maximum Gasteiger partial charge on any atom is 0.266 e. The summed E-state index contributed by atoms with van der Waals surface area (Å²) in [7, 11) is 0. The third-order valence-corrected chi connectivity index (χ3v) is 9.06. The molecule has 2 heterocycles. The molecule has 0 aliphatic heterocycles. The Kier molecular flexibility index (Phi) is 7.23. The van der Waals surface area contributed by atoms with Crippen molar-refractivity contribution in [3.63, 3.8) is 0 Å². The zero-order valence-corrected chi connectivity index (χ0v) is 22.7. The summed E-state index contributed by atoms with van der Waals surface area (Å²) in [5, 5.41) is 1.54. The van der Waals surface area contributed by atoms with E-state index in [9.17, 15) is 4.79 Å². The van der Waals surface area contributed by atoms with Gasteiger partial charge in [-0.1, -0.05) is 61.0 Å². The Bertz CT molecular complexity index is 1310. The lowest BCUT2D eigenvalue weighted by Crippen LogP contribution is -2.41. The Morgan fingerprint density at radius 3 is 2.59 bits per heavy atom. The van der Waals surface area contributed by atoms with E-state index in [4.69, 9.17) is 11.6 Å². The highest BCUT2D eigenvalue weighted by Gasteiger charge is 2.31. The van der Waals surface area contributed by atoms with Crippen molar-refractivity contribution >= 4 is 61.5 Å². The maximum absolute atomic E-state index is 14.0. The van der Waals surface area contributed by atoms with Crippen molar-refractivity contribution in [2.45, 2.75) is 45.2 Å². The molecule has 1 fully saturated rings. The molecule has 4 aromatic rings. The van der Waals surface area contributed by atoms with E-state index in [0.29, 0.717) is 16.4 Å². The fraction of sp³-hybridized carbons (Fsp3) is 0.286. The summed E-state index contributed by atoms with van der Waals surface area (Å²) in [6.07, 6.45) is 6.29. The Labute approximate surface area is 223 Å². The highest BCUT2D eigenvalue weighted by molar-refractivity contribution is 14.1. The third kappa shape index (κ3) is 5.02. The van der Waals surface area contributed by atoms with Crippen molar-refractivity contribution in [1.82, 2.24) is 9.88 Å². The molecule has 2 aromatic heterocycles. The average molecular weight is 601 g/mol. The van der Waals surface area contributed by atoms with Crippen molar-refractivity contribution in [2.75, 3.05) is 0 Å². The van der Waals surface area contributed by atoms with Crippen LogP contribution in [0.25, 0.3) is 21.2 Å². The number of hydrogen-bond acceptors (Lipinski definition) is 3. The number of aromatic nitrogens is 1. The number of fused-ring (bicyclic) bond motifs is 1. The lowest BCUT2D eigenvalue weighted by atomic mass is 9.86. The summed E-state index contributed by atoms with van der Waals surface area (Å²) in [5.41, 5.74) is 3.32. The lowest BCUT2D eigenvalue weighted by molar-refractivity contribution is 0.0598. The van der Waals surface area contributed by atoms with E-state index in [1.165, 1.54) is 11.3 Å². The minimum atomic E-state index is 0.0482. The molecule has 3 nitrogen and oxygen atoms in total. The standard InChI is InChI=1S/C28H26ClIN2OS/c1-18-9-12-22(13-10-18)32(28(33)27-26(29)23-7-2-3-8-24(23)34-27)17-19-5-4-6-20(15-19)21-11-14-25(30)31-16-21/h2-8,11,14-16,18,22H,9-10,12-13,17H2,1H3/t18-,22-. The molecule has 0 unspecified atom stereocenters. The topological polar surface area (TPSA) is 33.2 Å². The number of thiophene rings is 1. The minimum absolute atomic E-state index is 0.0482. The quantitative estimate of drug-likeness (QED) is 0.170. The number of amides is 1. The van der Waals surface area contributed by atoms with Crippen LogP contribution in [0.5, 0.6) is 0 Å². The van der Waals surface area contributed by atoms with E-state index in [1.807, 2.05) is 36.5 Å². The first-order valence-electron chi connectivity index (χ1n) is 11.7. The number of carbonyl (C=O) groups excluding carboxylic acids is 1. The summed E-state index contributed by atoms with van der Waals surface area (Å²) in [4.78, 5) is 21.1. The van der Waals surface area contributed by atoms with E-state index in [-0.39, 0.29) is 11.9 Å². The van der Waals surface area contributed by atoms with Crippen LogP contribution in [0.1, 0.15) is 47.8 Å². The molecule has 5 rings (SSSR count). The van der Waals surface area contributed by atoms with E-state index in [2.05, 4.69) is 69.7 Å². The second-order valence-corrected chi connectivity index (χ2v) is 11.7. The monoisotopic (exact) mass is 600 g/mol. The zero-order chi connectivity index (χ0) is 23.7. The maximum atomic E-state index is 14.0. The van der Waals surface area contributed by atoms with Gasteiger partial charge in [-0.2, -0.15) is 0 Å². The first-order chi connectivity index (χ1) is 16.5. The van der Waals surface area contributed by atoms with Gasteiger partial charge in [0.1, 0.15) is 8.58 Å². The summed E-state index contributed by atoms with van der Waals surface area (Å²) < 4.78 is 2.03. The van der Waals surface area contributed by atoms with Gasteiger partial charge in [0, 0.05) is 34.4 Å². The number of hydrogen-bond donors (Lipinski definition) is 0. The number of halogens is 2. The molecule has 0 radical (unpaired) electrons. The van der Waals surface area contributed by atoms with Crippen molar-refractivity contribution in [3.8, 4) is 11.1 Å². The minimum Gasteiger partial charge on any atom is -0.331 e. The molecular weight excluding hydrogens is 575 g/mol. The van der Waals surface area contributed by atoms with Gasteiger partial charge >= 0.3 is 0 Å². The first-order valence-corrected chi connectivity index (χ1v) is 14.0. The molecule has 1 amide bonds. The van der Waals surface area contributed by atoms with Gasteiger partial charge < -0.3 is 4.90 Å². The van der Waals surface area contributed by atoms with Gasteiger partial charge in [0.2, 0.25) is 0 Å². The fourth-order valence-electron chi connectivity index (χ4n) is 4.80.